The maximum Gasteiger partial charge on any atom is 0.172 e. The summed E-state index contributed by atoms with van der Waals surface area (Å²) in [6, 6.07) is 20.5. The van der Waals surface area contributed by atoms with Gasteiger partial charge in [0.25, 0.3) is 0 Å². The molecule has 130 valence electrons. The molecule has 0 N–H and O–H groups in total. The van der Waals surface area contributed by atoms with Gasteiger partial charge in [-0.1, -0.05) is 60.7 Å². The van der Waals surface area contributed by atoms with Crippen molar-refractivity contribution in [1.82, 2.24) is 0 Å². The van der Waals surface area contributed by atoms with Crippen LogP contribution >= 0.6 is 23.5 Å². The number of hydrogen-bond donors (Lipinski definition) is 0. The minimum absolute atomic E-state index is 0.0814. The lowest BCUT2D eigenvalue weighted by Gasteiger charge is -2.47. The van der Waals surface area contributed by atoms with E-state index in [1.165, 1.54) is 11.1 Å². The van der Waals surface area contributed by atoms with Crippen molar-refractivity contribution >= 4 is 35.1 Å². The van der Waals surface area contributed by atoms with Gasteiger partial charge in [0, 0.05) is 35.2 Å². The van der Waals surface area contributed by atoms with Crippen LogP contribution in [-0.2, 0) is 9.59 Å². The van der Waals surface area contributed by atoms with Crippen LogP contribution in [0.15, 0.2) is 70.5 Å². The molecular formula is C22H18O2S2. The smallest absolute Gasteiger partial charge is 0.172 e. The zero-order valence-corrected chi connectivity index (χ0v) is 15.8. The van der Waals surface area contributed by atoms with Gasteiger partial charge in [-0.3, -0.25) is 9.59 Å². The third kappa shape index (κ3) is 2.35. The molecule has 0 bridgehead atoms. The van der Waals surface area contributed by atoms with Crippen LogP contribution in [0.1, 0.15) is 23.0 Å². The summed E-state index contributed by atoms with van der Waals surface area (Å²) in [4.78, 5) is 26.4. The molecule has 2 aromatic rings. The molecular weight excluding hydrogens is 360 g/mol. The van der Waals surface area contributed by atoms with E-state index in [0.717, 1.165) is 15.7 Å². The van der Waals surface area contributed by atoms with Crippen molar-refractivity contribution in [3.05, 3.63) is 81.6 Å². The maximum absolute atomic E-state index is 13.2. The number of carbonyl (C=O) groups excluding carboxylic acids is 2. The number of thioether (sulfide) groups is 2. The lowest BCUT2D eigenvalue weighted by molar-refractivity contribution is -0.127. The second-order valence-electron chi connectivity index (χ2n) is 7.01. The predicted octanol–water partition coefficient (Wildman–Crippen LogP) is 4.64. The van der Waals surface area contributed by atoms with E-state index in [0.29, 0.717) is 5.57 Å². The van der Waals surface area contributed by atoms with Crippen LogP contribution < -0.4 is 0 Å². The summed E-state index contributed by atoms with van der Waals surface area (Å²) in [5, 5.41) is 0. The minimum atomic E-state index is -0.195. The topological polar surface area (TPSA) is 34.1 Å². The second kappa shape index (κ2) is 6.43. The Labute approximate surface area is 161 Å². The Hall–Kier alpha value is -1.78. The van der Waals surface area contributed by atoms with E-state index in [2.05, 4.69) is 24.3 Å². The monoisotopic (exact) mass is 378 g/mol. The first kappa shape index (κ1) is 16.4. The van der Waals surface area contributed by atoms with Gasteiger partial charge in [0.2, 0.25) is 0 Å². The zero-order chi connectivity index (χ0) is 17.7. The van der Waals surface area contributed by atoms with Crippen molar-refractivity contribution in [1.29, 1.82) is 0 Å². The lowest BCUT2D eigenvalue weighted by atomic mass is 9.53. The van der Waals surface area contributed by atoms with Gasteiger partial charge in [-0.15, -0.1) is 23.5 Å². The van der Waals surface area contributed by atoms with Gasteiger partial charge in [0.05, 0.1) is 9.81 Å². The molecule has 2 aromatic carbocycles. The molecule has 4 heteroatoms. The molecule has 5 rings (SSSR count). The van der Waals surface area contributed by atoms with Crippen molar-refractivity contribution in [2.45, 2.75) is 11.8 Å². The summed E-state index contributed by atoms with van der Waals surface area (Å²) in [7, 11) is 0. The van der Waals surface area contributed by atoms with Crippen LogP contribution in [0.3, 0.4) is 0 Å². The quantitative estimate of drug-likeness (QED) is 0.563. The number of benzene rings is 2. The number of rotatable bonds is 2. The summed E-state index contributed by atoms with van der Waals surface area (Å²) >= 11 is 3.35. The normalized spacial score (nSPS) is 30.5. The molecule has 26 heavy (non-hydrogen) atoms. The number of allylic oxidation sites excluding steroid dienone is 1. The van der Waals surface area contributed by atoms with Gasteiger partial charge >= 0.3 is 0 Å². The van der Waals surface area contributed by atoms with Gasteiger partial charge in [-0.05, 0) is 11.1 Å². The Balaban J connectivity index is 1.62. The summed E-state index contributed by atoms with van der Waals surface area (Å²) in [6.07, 6.45) is 0. The highest BCUT2D eigenvalue weighted by atomic mass is 32.2. The number of fused-ring (bicyclic) bond motifs is 1. The van der Waals surface area contributed by atoms with Gasteiger partial charge in [0.1, 0.15) is 0 Å². The zero-order valence-electron chi connectivity index (χ0n) is 14.1. The molecule has 0 unspecified atom stereocenters. The fourth-order valence-electron chi connectivity index (χ4n) is 4.69. The van der Waals surface area contributed by atoms with E-state index in [1.54, 1.807) is 23.5 Å². The van der Waals surface area contributed by atoms with Crippen LogP contribution in [0.2, 0.25) is 0 Å². The van der Waals surface area contributed by atoms with Crippen molar-refractivity contribution in [2.75, 3.05) is 11.5 Å². The summed E-state index contributed by atoms with van der Waals surface area (Å²) in [5.74, 6) is 1.94. The van der Waals surface area contributed by atoms with Gasteiger partial charge < -0.3 is 0 Å². The number of hydrogen-bond acceptors (Lipinski definition) is 4. The van der Waals surface area contributed by atoms with Crippen LogP contribution in [0.4, 0.5) is 0 Å². The maximum atomic E-state index is 13.2. The van der Waals surface area contributed by atoms with E-state index in [1.807, 2.05) is 36.4 Å². The van der Waals surface area contributed by atoms with E-state index in [9.17, 15) is 9.59 Å². The molecule has 0 radical (unpaired) electrons. The Morgan fingerprint density at radius 2 is 1.04 bits per heavy atom. The molecule has 2 aliphatic carbocycles. The Kier molecular flexibility index (Phi) is 4.06. The van der Waals surface area contributed by atoms with Crippen molar-refractivity contribution in [3.8, 4) is 0 Å². The second-order valence-corrected chi connectivity index (χ2v) is 9.48. The molecule has 1 saturated heterocycles. The lowest BCUT2D eigenvalue weighted by Crippen LogP contribution is -2.45. The van der Waals surface area contributed by atoms with E-state index >= 15 is 0 Å². The van der Waals surface area contributed by atoms with Crippen molar-refractivity contribution in [2.24, 2.45) is 11.8 Å². The minimum Gasteiger partial charge on any atom is -0.294 e. The number of carbonyl (C=O) groups is 2. The highest BCUT2D eigenvalue weighted by Crippen LogP contribution is 2.63. The van der Waals surface area contributed by atoms with Gasteiger partial charge in [-0.2, -0.15) is 0 Å². The fraction of sp³-hybridized carbons (Fsp3) is 0.273. The Bertz CT molecular complexity index is 831. The first-order valence-electron chi connectivity index (χ1n) is 8.95. The molecule has 4 atom stereocenters. The average Bonchev–Trinajstić information content (AvgIpc) is 3.23. The van der Waals surface area contributed by atoms with Crippen LogP contribution in [0.25, 0.3) is 0 Å². The van der Waals surface area contributed by atoms with Crippen LogP contribution in [-0.4, -0.2) is 23.1 Å². The molecule has 2 saturated carbocycles. The third-order valence-electron chi connectivity index (χ3n) is 5.77. The van der Waals surface area contributed by atoms with Crippen molar-refractivity contribution in [3.63, 3.8) is 0 Å². The number of ketones is 2. The van der Waals surface area contributed by atoms with Crippen LogP contribution in [0, 0.1) is 11.8 Å². The molecule has 3 aliphatic rings. The highest BCUT2D eigenvalue weighted by Gasteiger charge is 2.64. The molecule has 0 amide bonds. The summed E-state index contributed by atoms with van der Waals surface area (Å²) < 4.78 is 0.966. The molecule has 0 spiro atoms. The summed E-state index contributed by atoms with van der Waals surface area (Å²) in [6.45, 7) is 0. The molecule has 1 aliphatic heterocycles. The first-order valence-corrected chi connectivity index (χ1v) is 10.9. The van der Waals surface area contributed by atoms with Gasteiger partial charge in [0.15, 0.2) is 11.6 Å². The molecule has 1 heterocycles. The average molecular weight is 379 g/mol. The highest BCUT2D eigenvalue weighted by molar-refractivity contribution is 8.25. The molecule has 0 aromatic heterocycles. The fourth-order valence-corrected chi connectivity index (χ4v) is 7.25. The summed E-state index contributed by atoms with van der Waals surface area (Å²) in [5.41, 5.74) is 2.84. The number of Topliss-reactive ketones (excluding diaryl/α,β-unsaturated/α-hetero) is 2. The Morgan fingerprint density at radius 1 is 0.615 bits per heavy atom. The van der Waals surface area contributed by atoms with E-state index < -0.39 is 0 Å². The first-order chi connectivity index (χ1) is 12.8. The van der Waals surface area contributed by atoms with E-state index in [-0.39, 0.29) is 35.2 Å². The third-order valence-corrected chi connectivity index (χ3v) is 8.48. The Morgan fingerprint density at radius 3 is 1.46 bits per heavy atom. The largest absolute Gasteiger partial charge is 0.294 e. The van der Waals surface area contributed by atoms with Gasteiger partial charge in [-0.25, -0.2) is 0 Å². The molecule has 2 nitrogen and oxygen atoms in total. The standard InChI is InChI=1S/C22H18O2S2/c23-20-17-15(13-7-3-1-4-8-13)16(14-9-5-2-6-10-14)18(17)21(24)19(20)22-25-11-12-26-22/h1-10,15-18H,11-12H2/t15-,16+,17+,18-. The van der Waals surface area contributed by atoms with E-state index in [4.69, 9.17) is 0 Å². The van der Waals surface area contributed by atoms with Crippen molar-refractivity contribution < 1.29 is 9.59 Å². The van der Waals surface area contributed by atoms with Crippen LogP contribution in [0.5, 0.6) is 0 Å². The SMILES string of the molecule is O=C1C(=C2SCCS2)C(=O)[C@H]2[C@@H]1[C@H](c1ccccc1)[C@@H]2c1ccccc1. The molecule has 3 fully saturated rings. The predicted molar refractivity (Wildman–Crippen MR) is 107 cm³/mol.